The van der Waals surface area contributed by atoms with Crippen molar-refractivity contribution in [2.45, 2.75) is 12.8 Å². The molecule has 0 saturated carbocycles. The highest BCUT2D eigenvalue weighted by Crippen LogP contribution is 2.33. The molecule has 3 rings (SSSR count). The van der Waals surface area contributed by atoms with Crippen LogP contribution in [0.25, 0.3) is 0 Å². The summed E-state index contributed by atoms with van der Waals surface area (Å²) >= 11 is 0. The molecule has 2 nitrogen and oxygen atoms in total. The lowest BCUT2D eigenvalue weighted by Gasteiger charge is -2.14. The molecular formula is C10H14Br2N2. The lowest BCUT2D eigenvalue weighted by atomic mass is 9.89. The van der Waals surface area contributed by atoms with Crippen LogP contribution < -0.4 is 5.32 Å². The van der Waals surface area contributed by atoms with Gasteiger partial charge < -0.3 is 5.32 Å². The predicted molar refractivity (Wildman–Crippen MR) is 70.2 cm³/mol. The van der Waals surface area contributed by atoms with E-state index < -0.39 is 0 Å². The predicted octanol–water partition coefficient (Wildman–Crippen LogP) is 2.22. The molecule has 0 aromatic carbocycles. The topological polar surface area (TPSA) is 24.4 Å². The van der Waals surface area contributed by atoms with Gasteiger partial charge in [-0.15, -0.1) is 34.0 Å². The lowest BCUT2D eigenvalue weighted by Crippen LogP contribution is -2.09. The fraction of sp³-hybridized carbons (Fsp3) is 0.500. The smallest absolute Gasteiger partial charge is 0.0609 e. The molecule has 4 heteroatoms. The molecule has 0 spiro atoms. The van der Waals surface area contributed by atoms with Crippen LogP contribution in [-0.2, 0) is 0 Å². The van der Waals surface area contributed by atoms with Crippen LogP contribution in [0.3, 0.4) is 0 Å². The van der Waals surface area contributed by atoms with E-state index in [9.17, 15) is 0 Å². The van der Waals surface area contributed by atoms with E-state index >= 15 is 0 Å². The van der Waals surface area contributed by atoms with E-state index in [1.54, 1.807) is 16.7 Å². The van der Waals surface area contributed by atoms with Crippen molar-refractivity contribution in [3.8, 4) is 0 Å². The van der Waals surface area contributed by atoms with Gasteiger partial charge in [-0.2, -0.15) is 0 Å². The molecule has 14 heavy (non-hydrogen) atoms. The SMILES string of the molecule is Br.Br.C1=NCC2=C1C1=C(CC2)CNC1. The van der Waals surface area contributed by atoms with Gasteiger partial charge in [-0.25, -0.2) is 0 Å². The Hall–Kier alpha value is 0.0700. The molecule has 0 aromatic heterocycles. The minimum atomic E-state index is 0. The van der Waals surface area contributed by atoms with E-state index in [1.165, 1.54) is 18.4 Å². The average molecular weight is 322 g/mol. The molecule has 0 saturated heterocycles. The number of nitrogens with one attached hydrogen (secondary N) is 1. The van der Waals surface area contributed by atoms with Gasteiger partial charge in [0.25, 0.3) is 0 Å². The average Bonchev–Trinajstić information content (AvgIpc) is 2.71. The first kappa shape index (κ1) is 12.1. The van der Waals surface area contributed by atoms with Crippen molar-refractivity contribution in [2.24, 2.45) is 4.99 Å². The maximum absolute atomic E-state index is 4.33. The molecule has 0 unspecified atom stereocenters. The Balaban J connectivity index is 0.000000490. The van der Waals surface area contributed by atoms with Crippen molar-refractivity contribution in [3.05, 3.63) is 22.3 Å². The van der Waals surface area contributed by atoms with Crippen LogP contribution in [0, 0.1) is 0 Å². The van der Waals surface area contributed by atoms with Crippen LogP contribution in [-0.4, -0.2) is 25.8 Å². The summed E-state index contributed by atoms with van der Waals surface area (Å²) in [5.74, 6) is 0. The van der Waals surface area contributed by atoms with Gasteiger partial charge >= 0.3 is 0 Å². The van der Waals surface area contributed by atoms with E-state index in [1.807, 2.05) is 0 Å². The van der Waals surface area contributed by atoms with Gasteiger partial charge in [0.2, 0.25) is 0 Å². The highest BCUT2D eigenvalue weighted by Gasteiger charge is 2.25. The zero-order valence-electron chi connectivity index (χ0n) is 7.88. The quantitative estimate of drug-likeness (QED) is 0.727. The highest BCUT2D eigenvalue weighted by atomic mass is 79.9. The molecule has 0 amide bonds. The molecule has 78 valence electrons. The Labute approximate surface area is 105 Å². The van der Waals surface area contributed by atoms with Crippen molar-refractivity contribution in [3.63, 3.8) is 0 Å². The second-order valence-electron chi connectivity index (χ2n) is 3.67. The normalized spacial score (nSPS) is 22.9. The molecule has 1 N–H and O–H groups in total. The second kappa shape index (κ2) is 4.73. The first-order chi connectivity index (χ1) is 5.95. The lowest BCUT2D eigenvalue weighted by molar-refractivity contribution is 0.826. The van der Waals surface area contributed by atoms with Crippen LogP contribution in [0.15, 0.2) is 27.3 Å². The molecule has 2 heterocycles. The number of hydrogen-bond acceptors (Lipinski definition) is 2. The third-order valence-corrected chi connectivity index (χ3v) is 3.00. The monoisotopic (exact) mass is 320 g/mol. The van der Waals surface area contributed by atoms with Gasteiger partial charge in [0.1, 0.15) is 0 Å². The van der Waals surface area contributed by atoms with Crippen LogP contribution >= 0.6 is 34.0 Å². The first-order valence-electron chi connectivity index (χ1n) is 4.59. The summed E-state index contributed by atoms with van der Waals surface area (Å²) in [5.41, 5.74) is 6.21. The third kappa shape index (κ3) is 1.75. The van der Waals surface area contributed by atoms with Gasteiger partial charge in [0.05, 0.1) is 6.54 Å². The maximum atomic E-state index is 4.33. The molecule has 1 aliphatic carbocycles. The summed E-state index contributed by atoms with van der Waals surface area (Å²) < 4.78 is 0. The van der Waals surface area contributed by atoms with Gasteiger partial charge in [-0.05, 0) is 29.6 Å². The van der Waals surface area contributed by atoms with Gasteiger partial charge in [0, 0.05) is 19.3 Å². The molecule has 0 radical (unpaired) electrons. The number of rotatable bonds is 0. The Morgan fingerprint density at radius 3 is 2.71 bits per heavy atom. The Morgan fingerprint density at radius 1 is 1.07 bits per heavy atom. The Bertz CT molecular complexity index is 329. The number of fused-ring (bicyclic) bond motifs is 1. The van der Waals surface area contributed by atoms with Crippen molar-refractivity contribution >= 4 is 40.2 Å². The fourth-order valence-electron chi connectivity index (χ4n) is 2.33. The van der Waals surface area contributed by atoms with Gasteiger partial charge in [-0.3, -0.25) is 4.99 Å². The first-order valence-corrected chi connectivity index (χ1v) is 4.59. The van der Waals surface area contributed by atoms with Crippen molar-refractivity contribution in [1.82, 2.24) is 5.32 Å². The van der Waals surface area contributed by atoms with Gasteiger partial charge in [-0.1, -0.05) is 5.57 Å². The summed E-state index contributed by atoms with van der Waals surface area (Å²) in [4.78, 5) is 4.33. The number of aliphatic imine (C=N–C) groups is 1. The van der Waals surface area contributed by atoms with Crippen molar-refractivity contribution in [1.29, 1.82) is 0 Å². The van der Waals surface area contributed by atoms with Crippen molar-refractivity contribution in [2.75, 3.05) is 19.6 Å². The van der Waals surface area contributed by atoms with E-state index in [-0.39, 0.29) is 34.0 Å². The standard InChI is InChI=1S/C10H12N2.2BrH/c1-2-8-4-12-6-10(8)9-5-11-3-7(1)9;;/h5,12H,1-4,6H2;2*1H. The number of nitrogens with zero attached hydrogens (tertiary/aromatic N) is 1. The zero-order valence-corrected chi connectivity index (χ0v) is 11.3. The molecule has 0 aromatic rings. The van der Waals surface area contributed by atoms with E-state index in [0.717, 1.165) is 19.6 Å². The molecule has 0 fully saturated rings. The molecular weight excluding hydrogens is 308 g/mol. The van der Waals surface area contributed by atoms with Crippen LogP contribution in [0.1, 0.15) is 12.8 Å². The zero-order chi connectivity index (χ0) is 7.97. The fourth-order valence-corrected chi connectivity index (χ4v) is 2.33. The minimum Gasteiger partial charge on any atom is -0.309 e. The third-order valence-electron chi connectivity index (χ3n) is 3.00. The van der Waals surface area contributed by atoms with Crippen molar-refractivity contribution < 1.29 is 0 Å². The molecule has 2 aliphatic heterocycles. The minimum absolute atomic E-state index is 0. The number of hydrogen-bond donors (Lipinski definition) is 1. The maximum Gasteiger partial charge on any atom is 0.0609 e. The second-order valence-corrected chi connectivity index (χ2v) is 3.67. The summed E-state index contributed by atoms with van der Waals surface area (Å²) in [6.07, 6.45) is 4.58. The van der Waals surface area contributed by atoms with Crippen LogP contribution in [0.2, 0.25) is 0 Å². The van der Waals surface area contributed by atoms with Crippen LogP contribution in [0.5, 0.6) is 0 Å². The van der Waals surface area contributed by atoms with E-state index in [0.29, 0.717) is 0 Å². The molecule has 3 aliphatic rings. The van der Waals surface area contributed by atoms with Crippen LogP contribution in [0.4, 0.5) is 0 Å². The largest absolute Gasteiger partial charge is 0.309 e. The summed E-state index contributed by atoms with van der Waals surface area (Å²) in [6, 6.07) is 0. The molecule has 0 bridgehead atoms. The van der Waals surface area contributed by atoms with Gasteiger partial charge in [0.15, 0.2) is 0 Å². The summed E-state index contributed by atoms with van der Waals surface area (Å²) in [7, 11) is 0. The Kier molecular flexibility index (Phi) is 4.10. The number of halogens is 2. The Morgan fingerprint density at radius 2 is 1.86 bits per heavy atom. The summed E-state index contributed by atoms with van der Waals surface area (Å²) in [5, 5.41) is 3.41. The van der Waals surface area contributed by atoms with E-state index in [4.69, 9.17) is 0 Å². The van der Waals surface area contributed by atoms with E-state index in [2.05, 4.69) is 16.5 Å². The highest BCUT2D eigenvalue weighted by molar-refractivity contribution is 8.93. The summed E-state index contributed by atoms with van der Waals surface area (Å²) in [6.45, 7) is 3.15. The molecule has 0 atom stereocenters.